The third kappa shape index (κ3) is 2.47. The van der Waals surface area contributed by atoms with Gasteiger partial charge in [-0.05, 0) is 26.3 Å². The van der Waals surface area contributed by atoms with Crippen molar-refractivity contribution in [2.24, 2.45) is 0 Å². The quantitative estimate of drug-likeness (QED) is 0.360. The third-order valence-electron chi connectivity index (χ3n) is 1.06. The van der Waals surface area contributed by atoms with Crippen molar-refractivity contribution in [2.75, 3.05) is 0 Å². The number of hydrogen-bond acceptors (Lipinski definition) is 3. The van der Waals surface area contributed by atoms with Gasteiger partial charge in [-0.15, -0.1) is 0 Å². The molecule has 0 radical (unpaired) electrons. The molecular weight excluding hydrogens is 132 g/mol. The van der Waals surface area contributed by atoms with Gasteiger partial charge in [0.2, 0.25) is 0 Å². The van der Waals surface area contributed by atoms with E-state index in [-0.39, 0.29) is 5.57 Å². The van der Waals surface area contributed by atoms with E-state index in [1.165, 1.54) is 13.8 Å². The number of rotatable bonds is 3. The van der Waals surface area contributed by atoms with Crippen molar-refractivity contribution in [3.63, 3.8) is 0 Å². The van der Waals surface area contributed by atoms with Crippen molar-refractivity contribution in [1.82, 2.24) is 0 Å². The van der Waals surface area contributed by atoms with E-state index >= 15 is 0 Å². The minimum atomic E-state index is -2.45. The van der Waals surface area contributed by atoms with Crippen LogP contribution in [0, 0.1) is 0 Å². The number of aliphatic hydroxyl groups is 1. The maximum absolute atomic E-state index is 9.42. The smallest absolute Gasteiger partial charge is 0.141 e. The first-order valence-electron chi connectivity index (χ1n) is 4.32. The van der Waals surface area contributed by atoms with Gasteiger partial charge in [0.1, 0.15) is 6.10 Å². The van der Waals surface area contributed by atoms with Crippen LogP contribution in [0.25, 0.3) is 0 Å². The summed E-state index contributed by atoms with van der Waals surface area (Å²) >= 11 is 0. The van der Waals surface area contributed by atoms with Crippen molar-refractivity contribution in [2.45, 2.75) is 32.4 Å². The topological polar surface area (TPSA) is 49.7 Å². The standard InChI is InChI=1S/C7H14O3/c1-5(2)6(10-9)7(3,4)8/h6,8-9H,1H2,2-4H3/t6-/m0/s1/i2D3. The Labute approximate surface area is 65.1 Å². The molecule has 3 heteroatoms. The SMILES string of the molecule is [2H]C([2H])([2H])C(=C)[C@H](OO)C(C)(C)O. The molecule has 0 saturated heterocycles. The van der Waals surface area contributed by atoms with Gasteiger partial charge in [-0.3, -0.25) is 5.26 Å². The molecule has 0 aliphatic heterocycles. The van der Waals surface area contributed by atoms with Crippen LogP contribution in [0.3, 0.4) is 0 Å². The Morgan fingerprint density at radius 2 is 2.30 bits per heavy atom. The Bertz CT molecular complexity index is 192. The molecule has 3 nitrogen and oxygen atoms in total. The molecule has 0 bridgehead atoms. The van der Waals surface area contributed by atoms with Crippen LogP contribution >= 0.6 is 0 Å². The third-order valence-corrected chi connectivity index (χ3v) is 1.06. The molecule has 0 saturated carbocycles. The fourth-order valence-electron chi connectivity index (χ4n) is 0.619. The summed E-state index contributed by atoms with van der Waals surface area (Å²) in [5.41, 5.74) is -1.82. The molecule has 0 aromatic heterocycles. The van der Waals surface area contributed by atoms with Gasteiger partial charge in [-0.2, -0.15) is 0 Å². The van der Waals surface area contributed by atoms with Crippen molar-refractivity contribution in [3.05, 3.63) is 12.2 Å². The summed E-state index contributed by atoms with van der Waals surface area (Å²) in [4.78, 5) is 3.89. The van der Waals surface area contributed by atoms with Gasteiger partial charge in [0.05, 0.1) is 5.60 Å². The van der Waals surface area contributed by atoms with E-state index in [1.807, 2.05) is 0 Å². The fraction of sp³-hybridized carbons (Fsp3) is 0.714. The van der Waals surface area contributed by atoms with E-state index in [0.717, 1.165) is 0 Å². The van der Waals surface area contributed by atoms with Crippen molar-refractivity contribution in [3.8, 4) is 0 Å². The monoisotopic (exact) mass is 149 g/mol. The first-order chi connectivity index (χ1) is 5.60. The number of hydrogen-bond donors (Lipinski definition) is 2. The van der Waals surface area contributed by atoms with Crippen LogP contribution in [0.15, 0.2) is 12.2 Å². The van der Waals surface area contributed by atoms with Crippen LogP contribution in [0.2, 0.25) is 0 Å². The average molecular weight is 149 g/mol. The Morgan fingerprint density at radius 3 is 2.40 bits per heavy atom. The van der Waals surface area contributed by atoms with Gasteiger partial charge < -0.3 is 5.11 Å². The maximum atomic E-state index is 9.42. The molecule has 0 fully saturated rings. The molecular formula is C7H14O3. The summed E-state index contributed by atoms with van der Waals surface area (Å²) in [5.74, 6) is 0. The molecule has 2 N–H and O–H groups in total. The summed E-state index contributed by atoms with van der Waals surface area (Å²) < 4.78 is 20.9. The predicted molar refractivity (Wildman–Crippen MR) is 38.6 cm³/mol. The van der Waals surface area contributed by atoms with Crippen LogP contribution < -0.4 is 0 Å². The normalized spacial score (nSPS) is 20.6. The first kappa shape index (κ1) is 5.29. The van der Waals surface area contributed by atoms with Gasteiger partial charge >= 0.3 is 0 Å². The lowest BCUT2D eigenvalue weighted by Gasteiger charge is -2.26. The maximum Gasteiger partial charge on any atom is 0.141 e. The fourth-order valence-corrected chi connectivity index (χ4v) is 0.619. The molecule has 0 rings (SSSR count). The first-order valence-corrected chi connectivity index (χ1v) is 2.82. The van der Waals surface area contributed by atoms with Gasteiger partial charge in [0.15, 0.2) is 0 Å². The summed E-state index contributed by atoms with van der Waals surface area (Å²) in [5, 5.41) is 17.8. The second-order valence-corrected chi connectivity index (χ2v) is 2.66. The zero-order chi connectivity index (χ0) is 10.9. The highest BCUT2D eigenvalue weighted by atomic mass is 17.1. The Hall–Kier alpha value is -0.380. The summed E-state index contributed by atoms with van der Waals surface area (Å²) in [6, 6.07) is 0. The highest BCUT2D eigenvalue weighted by Crippen LogP contribution is 2.17. The molecule has 0 aromatic rings. The molecule has 0 aliphatic carbocycles. The van der Waals surface area contributed by atoms with Crippen LogP contribution in [0.4, 0.5) is 0 Å². The Kier molecular flexibility index (Phi) is 1.66. The molecule has 10 heavy (non-hydrogen) atoms. The minimum absolute atomic E-state index is 0.331. The highest BCUT2D eigenvalue weighted by molar-refractivity contribution is 5.04. The van der Waals surface area contributed by atoms with Crippen LogP contribution in [-0.2, 0) is 4.89 Å². The van der Waals surface area contributed by atoms with E-state index in [2.05, 4.69) is 11.5 Å². The summed E-state index contributed by atoms with van der Waals surface area (Å²) in [6.07, 6.45) is -1.32. The van der Waals surface area contributed by atoms with Gasteiger partial charge in [-0.1, -0.05) is 6.58 Å². The second kappa shape index (κ2) is 3.14. The van der Waals surface area contributed by atoms with Gasteiger partial charge in [-0.25, -0.2) is 4.89 Å². The lowest BCUT2D eigenvalue weighted by atomic mass is 9.97. The molecule has 0 aromatic carbocycles. The summed E-state index contributed by atoms with van der Waals surface area (Å²) in [6.45, 7) is 3.45. The molecule has 0 aliphatic rings. The highest BCUT2D eigenvalue weighted by Gasteiger charge is 2.28. The molecule has 60 valence electrons. The van der Waals surface area contributed by atoms with Gasteiger partial charge in [0, 0.05) is 4.11 Å². The van der Waals surface area contributed by atoms with E-state index in [4.69, 9.17) is 9.37 Å². The molecule has 1 atom stereocenters. The van der Waals surface area contributed by atoms with Gasteiger partial charge in [0.25, 0.3) is 0 Å². The second-order valence-electron chi connectivity index (χ2n) is 2.66. The summed E-state index contributed by atoms with van der Waals surface area (Å²) in [7, 11) is 0. The van der Waals surface area contributed by atoms with Crippen LogP contribution in [0.1, 0.15) is 24.8 Å². The van der Waals surface area contributed by atoms with E-state index in [0.29, 0.717) is 0 Å². The van der Waals surface area contributed by atoms with Crippen LogP contribution in [-0.4, -0.2) is 22.1 Å². The molecule has 0 heterocycles. The van der Waals surface area contributed by atoms with Crippen LogP contribution in [0.5, 0.6) is 0 Å². The Morgan fingerprint density at radius 1 is 1.80 bits per heavy atom. The lowest BCUT2D eigenvalue weighted by molar-refractivity contribution is -0.298. The molecule has 0 amide bonds. The van der Waals surface area contributed by atoms with Crippen molar-refractivity contribution in [1.29, 1.82) is 0 Å². The average Bonchev–Trinajstić information content (AvgIpc) is 1.83. The van der Waals surface area contributed by atoms with E-state index in [9.17, 15) is 5.11 Å². The minimum Gasteiger partial charge on any atom is -0.387 e. The molecule has 0 spiro atoms. The Balaban J connectivity index is 4.72. The van der Waals surface area contributed by atoms with E-state index < -0.39 is 18.6 Å². The van der Waals surface area contributed by atoms with E-state index in [1.54, 1.807) is 0 Å². The largest absolute Gasteiger partial charge is 0.387 e. The zero-order valence-corrected chi connectivity index (χ0v) is 6.09. The lowest BCUT2D eigenvalue weighted by Crippen LogP contribution is -2.38. The van der Waals surface area contributed by atoms with Crippen molar-refractivity contribution < 1.29 is 19.4 Å². The zero-order valence-electron chi connectivity index (χ0n) is 9.09. The predicted octanol–water partition coefficient (Wildman–Crippen LogP) is 1.19. The van der Waals surface area contributed by atoms with Crippen molar-refractivity contribution >= 4 is 0 Å². The molecule has 0 unspecified atom stereocenters.